The first kappa shape index (κ1) is 11.7. The van der Waals surface area contributed by atoms with Crippen molar-refractivity contribution in [3.05, 3.63) is 0 Å². The molecular formula is C6H12N2O2S2. The van der Waals surface area contributed by atoms with Gasteiger partial charge in [-0.2, -0.15) is 0 Å². The van der Waals surface area contributed by atoms with Crippen LogP contribution in [-0.2, 0) is 4.79 Å². The van der Waals surface area contributed by atoms with Crippen LogP contribution >= 0.6 is 24.0 Å². The number of aliphatic carboxylic acids is 1. The zero-order valence-corrected chi connectivity index (χ0v) is 8.61. The first-order valence-electron chi connectivity index (χ1n) is 3.27. The van der Waals surface area contributed by atoms with Gasteiger partial charge in [0, 0.05) is 19.8 Å². The van der Waals surface area contributed by atoms with Crippen molar-refractivity contribution >= 4 is 34.3 Å². The molecule has 0 aromatic rings. The highest BCUT2D eigenvalue weighted by Gasteiger charge is 2.12. The molecular weight excluding hydrogens is 196 g/mol. The molecule has 0 saturated heterocycles. The van der Waals surface area contributed by atoms with Crippen LogP contribution in [0.5, 0.6) is 0 Å². The van der Waals surface area contributed by atoms with E-state index in [1.54, 1.807) is 4.90 Å². The Kier molecular flexibility index (Phi) is 5.19. The molecule has 12 heavy (non-hydrogen) atoms. The number of rotatable bonds is 3. The first-order valence-corrected chi connectivity index (χ1v) is 4.67. The zero-order valence-electron chi connectivity index (χ0n) is 6.98. The Hall–Kier alpha value is -0.330. The van der Waals surface area contributed by atoms with Crippen molar-refractivity contribution < 1.29 is 9.90 Å². The molecule has 0 bridgehead atoms. The van der Waals surface area contributed by atoms with Crippen LogP contribution in [0.2, 0.25) is 0 Å². The van der Waals surface area contributed by atoms with Gasteiger partial charge in [0.05, 0.1) is 0 Å². The number of nitrogens with zero attached hydrogens (tertiary/aromatic N) is 1. The summed E-state index contributed by atoms with van der Waals surface area (Å²) in [4.78, 5) is 12.0. The SMILES string of the molecule is CN(C)C(=S)SCC(N)C(=O)O. The van der Waals surface area contributed by atoms with Crippen LogP contribution in [0.25, 0.3) is 0 Å². The van der Waals surface area contributed by atoms with Gasteiger partial charge in [-0.3, -0.25) is 4.79 Å². The second-order valence-electron chi connectivity index (χ2n) is 2.42. The number of thioether (sulfide) groups is 1. The second kappa shape index (κ2) is 5.34. The predicted octanol–water partition coefficient (Wildman–Crippen LogP) is -0.0220. The lowest BCUT2D eigenvalue weighted by Gasteiger charge is -2.13. The molecule has 0 radical (unpaired) electrons. The van der Waals surface area contributed by atoms with E-state index in [4.69, 9.17) is 23.1 Å². The van der Waals surface area contributed by atoms with Gasteiger partial charge in [-0.25, -0.2) is 0 Å². The maximum atomic E-state index is 10.3. The second-order valence-corrected chi connectivity index (χ2v) is 4.07. The normalized spacial score (nSPS) is 12.2. The maximum absolute atomic E-state index is 10.3. The summed E-state index contributed by atoms with van der Waals surface area (Å²) in [6.45, 7) is 0. The highest BCUT2D eigenvalue weighted by Crippen LogP contribution is 2.07. The van der Waals surface area contributed by atoms with Crippen molar-refractivity contribution in [1.82, 2.24) is 4.90 Å². The van der Waals surface area contributed by atoms with Crippen molar-refractivity contribution in [3.63, 3.8) is 0 Å². The summed E-state index contributed by atoms with van der Waals surface area (Å²) in [5.74, 6) is -0.684. The number of hydrogen-bond acceptors (Lipinski definition) is 4. The van der Waals surface area contributed by atoms with Crippen LogP contribution in [0.4, 0.5) is 0 Å². The van der Waals surface area contributed by atoms with Gasteiger partial charge in [0.25, 0.3) is 0 Å². The Morgan fingerprint density at radius 3 is 2.58 bits per heavy atom. The number of carbonyl (C=O) groups is 1. The summed E-state index contributed by atoms with van der Waals surface area (Å²) in [7, 11) is 3.61. The fourth-order valence-electron chi connectivity index (χ4n) is 0.361. The van der Waals surface area contributed by atoms with Gasteiger partial charge in [-0.15, -0.1) is 0 Å². The van der Waals surface area contributed by atoms with E-state index in [1.165, 1.54) is 11.8 Å². The number of thiocarbonyl (C=S) groups is 1. The van der Waals surface area contributed by atoms with Crippen LogP contribution in [0.3, 0.4) is 0 Å². The first-order chi connectivity index (χ1) is 5.45. The molecule has 3 N–H and O–H groups in total. The third kappa shape index (κ3) is 4.53. The van der Waals surface area contributed by atoms with Gasteiger partial charge >= 0.3 is 5.97 Å². The smallest absolute Gasteiger partial charge is 0.321 e. The van der Waals surface area contributed by atoms with Crippen molar-refractivity contribution in [2.24, 2.45) is 5.73 Å². The summed E-state index contributed by atoms with van der Waals surface area (Å²) in [6.07, 6.45) is 0. The number of hydrogen-bond donors (Lipinski definition) is 2. The quantitative estimate of drug-likeness (QED) is 0.635. The molecule has 0 amide bonds. The molecule has 0 heterocycles. The molecule has 0 aromatic heterocycles. The molecule has 1 unspecified atom stereocenters. The minimum Gasteiger partial charge on any atom is -0.480 e. The molecule has 0 aliphatic rings. The van der Waals surface area contributed by atoms with Crippen molar-refractivity contribution in [2.45, 2.75) is 6.04 Å². The van der Waals surface area contributed by atoms with E-state index in [1.807, 2.05) is 14.1 Å². The van der Waals surface area contributed by atoms with Gasteiger partial charge in [-0.05, 0) is 0 Å². The lowest BCUT2D eigenvalue weighted by Crippen LogP contribution is -2.33. The molecule has 4 nitrogen and oxygen atoms in total. The minimum absolute atomic E-state index is 0.312. The van der Waals surface area contributed by atoms with E-state index < -0.39 is 12.0 Å². The van der Waals surface area contributed by atoms with E-state index in [0.717, 1.165) is 0 Å². The van der Waals surface area contributed by atoms with Gasteiger partial charge < -0.3 is 15.7 Å². The lowest BCUT2D eigenvalue weighted by atomic mass is 10.4. The molecule has 0 aromatic carbocycles. The Morgan fingerprint density at radius 2 is 2.25 bits per heavy atom. The van der Waals surface area contributed by atoms with E-state index in [-0.39, 0.29) is 0 Å². The Morgan fingerprint density at radius 1 is 1.75 bits per heavy atom. The zero-order chi connectivity index (χ0) is 9.72. The van der Waals surface area contributed by atoms with Crippen LogP contribution in [0.1, 0.15) is 0 Å². The fourth-order valence-corrected chi connectivity index (χ4v) is 1.29. The largest absolute Gasteiger partial charge is 0.480 e. The summed E-state index contributed by atoms with van der Waals surface area (Å²) in [5.41, 5.74) is 5.27. The van der Waals surface area contributed by atoms with Crippen LogP contribution in [0.15, 0.2) is 0 Å². The van der Waals surface area contributed by atoms with Crippen LogP contribution in [0, 0.1) is 0 Å². The fraction of sp³-hybridized carbons (Fsp3) is 0.667. The van der Waals surface area contributed by atoms with E-state index in [2.05, 4.69) is 0 Å². The Bertz CT molecular complexity index is 184. The maximum Gasteiger partial charge on any atom is 0.321 e. The highest BCUT2D eigenvalue weighted by molar-refractivity contribution is 8.22. The standard InChI is InChI=1S/C6H12N2O2S2/c1-8(2)6(11)12-3-4(7)5(9)10/h4H,3,7H2,1-2H3,(H,9,10). The molecule has 6 heteroatoms. The molecule has 0 fully saturated rings. The molecule has 0 aliphatic carbocycles. The molecule has 0 saturated carbocycles. The topological polar surface area (TPSA) is 66.6 Å². The minimum atomic E-state index is -0.996. The summed E-state index contributed by atoms with van der Waals surface area (Å²) >= 11 is 6.20. The van der Waals surface area contributed by atoms with Gasteiger partial charge in [0.15, 0.2) is 0 Å². The van der Waals surface area contributed by atoms with Crippen molar-refractivity contribution in [3.8, 4) is 0 Å². The van der Waals surface area contributed by atoms with E-state index in [9.17, 15) is 4.79 Å². The van der Waals surface area contributed by atoms with E-state index in [0.29, 0.717) is 10.1 Å². The predicted molar refractivity (Wildman–Crippen MR) is 54.4 cm³/mol. The average Bonchev–Trinajstić information content (AvgIpc) is 1.98. The average molecular weight is 208 g/mol. The number of carboxylic acid groups (broad SMARTS) is 1. The molecule has 1 atom stereocenters. The monoisotopic (exact) mass is 208 g/mol. The Balaban J connectivity index is 3.69. The molecule has 0 rings (SSSR count). The number of carboxylic acids is 1. The van der Waals surface area contributed by atoms with Gasteiger partial charge in [0.1, 0.15) is 10.4 Å². The summed E-state index contributed by atoms with van der Waals surface area (Å²) in [5, 5.41) is 8.44. The summed E-state index contributed by atoms with van der Waals surface area (Å²) in [6, 6.07) is -0.840. The van der Waals surface area contributed by atoms with Crippen LogP contribution < -0.4 is 5.73 Å². The summed E-state index contributed by atoms with van der Waals surface area (Å²) < 4.78 is 0.645. The third-order valence-corrected chi connectivity index (χ3v) is 2.93. The van der Waals surface area contributed by atoms with Crippen molar-refractivity contribution in [1.29, 1.82) is 0 Å². The third-order valence-electron chi connectivity index (χ3n) is 1.07. The number of nitrogens with two attached hydrogens (primary N) is 1. The van der Waals surface area contributed by atoms with Crippen LogP contribution in [-0.4, -0.2) is 46.2 Å². The van der Waals surface area contributed by atoms with E-state index >= 15 is 0 Å². The molecule has 0 spiro atoms. The molecule has 0 aliphatic heterocycles. The Labute approximate surface area is 81.1 Å². The van der Waals surface area contributed by atoms with Crippen molar-refractivity contribution in [2.75, 3.05) is 19.8 Å². The van der Waals surface area contributed by atoms with Gasteiger partial charge in [0.2, 0.25) is 0 Å². The molecule has 70 valence electrons. The highest BCUT2D eigenvalue weighted by atomic mass is 32.2. The lowest BCUT2D eigenvalue weighted by molar-refractivity contribution is -0.137. The van der Waals surface area contributed by atoms with Gasteiger partial charge in [-0.1, -0.05) is 24.0 Å².